The number of benzene rings is 1. The Morgan fingerprint density at radius 1 is 1.28 bits per heavy atom. The van der Waals surface area contributed by atoms with Gasteiger partial charge in [-0.1, -0.05) is 18.7 Å². The second-order valence-electron chi connectivity index (χ2n) is 6.41. The van der Waals surface area contributed by atoms with Gasteiger partial charge in [0, 0.05) is 42.6 Å². The van der Waals surface area contributed by atoms with Gasteiger partial charge in [-0.3, -0.25) is 14.5 Å². The number of rotatable bonds is 3. The normalized spacial score (nSPS) is 17.6. The molecule has 1 amide bonds. The van der Waals surface area contributed by atoms with E-state index in [4.69, 9.17) is 5.10 Å². The molecule has 25 heavy (non-hydrogen) atoms. The highest BCUT2D eigenvalue weighted by molar-refractivity contribution is 5.87. The Labute approximate surface area is 146 Å². The number of carbonyl (C=O) groups is 1. The molecule has 0 bridgehead atoms. The summed E-state index contributed by atoms with van der Waals surface area (Å²) in [6.07, 6.45) is 9.14. The average molecular weight is 332 g/mol. The fourth-order valence-corrected chi connectivity index (χ4v) is 3.44. The van der Waals surface area contributed by atoms with Crippen LogP contribution in [0.15, 0.2) is 61.6 Å². The molecule has 126 valence electrons. The van der Waals surface area contributed by atoms with Crippen LogP contribution in [0.2, 0.25) is 0 Å². The molecule has 1 unspecified atom stereocenters. The Morgan fingerprint density at radius 2 is 2.20 bits per heavy atom. The van der Waals surface area contributed by atoms with Crippen LogP contribution < -0.4 is 0 Å². The fraction of sp³-hybridized carbons (Fsp3) is 0.250. The summed E-state index contributed by atoms with van der Waals surface area (Å²) in [4.78, 5) is 17.9. The van der Waals surface area contributed by atoms with Crippen molar-refractivity contribution in [3.8, 4) is 11.1 Å². The maximum Gasteiger partial charge on any atom is 0.246 e. The summed E-state index contributed by atoms with van der Waals surface area (Å²) >= 11 is 0. The molecule has 1 aromatic carbocycles. The van der Waals surface area contributed by atoms with Crippen molar-refractivity contribution < 1.29 is 4.79 Å². The van der Waals surface area contributed by atoms with E-state index in [0.717, 1.165) is 41.4 Å². The first-order valence-electron chi connectivity index (χ1n) is 8.55. The van der Waals surface area contributed by atoms with Crippen LogP contribution in [0.5, 0.6) is 0 Å². The molecule has 1 saturated heterocycles. The van der Waals surface area contributed by atoms with Crippen LogP contribution in [-0.2, 0) is 4.79 Å². The van der Waals surface area contributed by atoms with Crippen LogP contribution in [0.4, 0.5) is 0 Å². The molecule has 1 fully saturated rings. The Bertz CT molecular complexity index is 916. The molecular weight excluding hydrogens is 312 g/mol. The van der Waals surface area contributed by atoms with Gasteiger partial charge in [0.15, 0.2) is 0 Å². The van der Waals surface area contributed by atoms with Crippen molar-refractivity contribution in [2.75, 3.05) is 13.1 Å². The zero-order valence-electron chi connectivity index (χ0n) is 14.0. The summed E-state index contributed by atoms with van der Waals surface area (Å²) < 4.78 is 2.01. The molecule has 0 spiro atoms. The maximum atomic E-state index is 11.9. The Kier molecular flexibility index (Phi) is 4.06. The molecule has 1 aliphatic heterocycles. The van der Waals surface area contributed by atoms with E-state index in [0.29, 0.717) is 6.54 Å². The van der Waals surface area contributed by atoms with E-state index >= 15 is 0 Å². The van der Waals surface area contributed by atoms with Gasteiger partial charge in [-0.25, -0.2) is 0 Å². The summed E-state index contributed by atoms with van der Waals surface area (Å²) in [7, 11) is 0. The largest absolute Gasteiger partial charge is 0.337 e. The SMILES string of the molecule is C=CC(=O)N1CCCC(n2cc3cc(-c4cccnc4)ccc3n2)C1. The Hall–Kier alpha value is -2.95. The maximum absolute atomic E-state index is 11.9. The van der Waals surface area contributed by atoms with Gasteiger partial charge in [0.2, 0.25) is 5.91 Å². The summed E-state index contributed by atoms with van der Waals surface area (Å²) in [6, 6.07) is 10.5. The molecule has 5 heteroatoms. The number of aromatic nitrogens is 3. The van der Waals surface area contributed by atoms with Gasteiger partial charge in [0.1, 0.15) is 0 Å². The van der Waals surface area contributed by atoms with E-state index < -0.39 is 0 Å². The van der Waals surface area contributed by atoms with Gasteiger partial charge in [-0.05, 0) is 42.7 Å². The van der Waals surface area contributed by atoms with Gasteiger partial charge in [-0.15, -0.1) is 0 Å². The van der Waals surface area contributed by atoms with E-state index in [1.807, 2.05) is 27.9 Å². The van der Waals surface area contributed by atoms with Crippen LogP contribution in [0.3, 0.4) is 0 Å². The first-order chi connectivity index (χ1) is 12.2. The summed E-state index contributed by atoms with van der Waals surface area (Å²) in [5.74, 6) is 0.000255. The van der Waals surface area contributed by atoms with E-state index in [-0.39, 0.29) is 11.9 Å². The minimum atomic E-state index is 0.000255. The highest BCUT2D eigenvalue weighted by Gasteiger charge is 2.24. The number of hydrogen-bond donors (Lipinski definition) is 0. The van der Waals surface area contributed by atoms with Crippen LogP contribution in [0, 0.1) is 0 Å². The van der Waals surface area contributed by atoms with Crippen LogP contribution >= 0.6 is 0 Å². The minimum Gasteiger partial charge on any atom is -0.337 e. The number of pyridine rings is 1. The average Bonchev–Trinajstić information content (AvgIpc) is 3.11. The molecule has 1 atom stereocenters. The molecule has 0 radical (unpaired) electrons. The fourth-order valence-electron chi connectivity index (χ4n) is 3.44. The molecule has 3 aromatic rings. The van der Waals surface area contributed by atoms with Gasteiger partial charge < -0.3 is 4.90 Å². The highest BCUT2D eigenvalue weighted by atomic mass is 16.2. The van der Waals surface area contributed by atoms with Gasteiger partial charge >= 0.3 is 0 Å². The predicted octanol–water partition coefficient (Wildman–Crippen LogP) is 3.45. The molecule has 0 aliphatic carbocycles. The van der Waals surface area contributed by atoms with Crippen molar-refractivity contribution in [1.82, 2.24) is 19.7 Å². The first kappa shape index (κ1) is 15.6. The number of amides is 1. The quantitative estimate of drug-likeness (QED) is 0.690. The molecular formula is C20H20N4O. The summed E-state index contributed by atoms with van der Waals surface area (Å²) in [5, 5.41) is 5.83. The van der Waals surface area contributed by atoms with Crippen LogP contribution in [0.1, 0.15) is 18.9 Å². The van der Waals surface area contributed by atoms with Crippen molar-refractivity contribution in [2.24, 2.45) is 0 Å². The lowest BCUT2D eigenvalue weighted by Gasteiger charge is -2.32. The lowest BCUT2D eigenvalue weighted by Crippen LogP contribution is -2.39. The highest BCUT2D eigenvalue weighted by Crippen LogP contribution is 2.27. The molecule has 2 aromatic heterocycles. The smallest absolute Gasteiger partial charge is 0.246 e. The Balaban J connectivity index is 1.63. The molecule has 0 saturated carbocycles. The second-order valence-corrected chi connectivity index (χ2v) is 6.41. The van der Waals surface area contributed by atoms with Crippen molar-refractivity contribution in [2.45, 2.75) is 18.9 Å². The van der Waals surface area contributed by atoms with Gasteiger partial charge in [0.05, 0.1) is 11.6 Å². The molecule has 5 nitrogen and oxygen atoms in total. The standard InChI is InChI=1S/C20H20N4O/c1-2-20(25)23-10-4-6-18(14-23)24-13-17-11-15(7-8-19(17)22-24)16-5-3-9-21-12-16/h2-3,5,7-9,11-13,18H,1,4,6,10,14H2. The van der Waals surface area contributed by atoms with Crippen molar-refractivity contribution in [1.29, 1.82) is 0 Å². The molecule has 4 rings (SSSR count). The van der Waals surface area contributed by atoms with Gasteiger partial charge in [-0.2, -0.15) is 5.10 Å². The first-order valence-corrected chi connectivity index (χ1v) is 8.55. The van der Waals surface area contributed by atoms with Gasteiger partial charge in [0.25, 0.3) is 0 Å². The van der Waals surface area contributed by atoms with E-state index in [1.54, 1.807) is 6.20 Å². The number of likely N-dealkylation sites (tertiary alicyclic amines) is 1. The third kappa shape index (κ3) is 3.05. The third-order valence-corrected chi connectivity index (χ3v) is 4.77. The monoisotopic (exact) mass is 332 g/mol. The van der Waals surface area contributed by atoms with Crippen LogP contribution in [-0.4, -0.2) is 38.7 Å². The summed E-state index contributed by atoms with van der Waals surface area (Å²) in [6.45, 7) is 5.08. The van der Waals surface area contributed by atoms with Crippen LogP contribution in [0.25, 0.3) is 22.0 Å². The topological polar surface area (TPSA) is 51.0 Å². The third-order valence-electron chi connectivity index (χ3n) is 4.77. The zero-order valence-corrected chi connectivity index (χ0v) is 14.0. The minimum absolute atomic E-state index is 0.000255. The van der Waals surface area contributed by atoms with E-state index in [9.17, 15) is 4.79 Å². The van der Waals surface area contributed by atoms with Crippen molar-refractivity contribution in [3.05, 3.63) is 61.6 Å². The lowest BCUT2D eigenvalue weighted by molar-refractivity contribution is -0.127. The zero-order chi connectivity index (χ0) is 17.2. The molecule has 1 aliphatic rings. The Morgan fingerprint density at radius 3 is 3.00 bits per heavy atom. The van der Waals surface area contributed by atoms with E-state index in [2.05, 4.69) is 36.0 Å². The molecule has 3 heterocycles. The summed E-state index contributed by atoms with van der Waals surface area (Å²) in [5.41, 5.74) is 3.20. The lowest BCUT2D eigenvalue weighted by atomic mass is 10.1. The molecule has 0 N–H and O–H groups in total. The van der Waals surface area contributed by atoms with Crippen molar-refractivity contribution >= 4 is 16.8 Å². The number of carbonyl (C=O) groups excluding carboxylic acids is 1. The number of piperidine rings is 1. The predicted molar refractivity (Wildman–Crippen MR) is 98.0 cm³/mol. The van der Waals surface area contributed by atoms with Crippen molar-refractivity contribution in [3.63, 3.8) is 0 Å². The second kappa shape index (κ2) is 6.51. The number of fused-ring (bicyclic) bond motifs is 1. The van der Waals surface area contributed by atoms with E-state index in [1.165, 1.54) is 6.08 Å². The number of nitrogens with zero attached hydrogens (tertiary/aromatic N) is 4. The number of hydrogen-bond acceptors (Lipinski definition) is 3.